The molecule has 1 atom stereocenters. The van der Waals surface area contributed by atoms with Crippen molar-refractivity contribution < 1.29 is 0 Å². The van der Waals surface area contributed by atoms with Crippen LogP contribution >= 0.6 is 0 Å². The quantitative estimate of drug-likeness (QED) is 0.802. The van der Waals surface area contributed by atoms with Gasteiger partial charge in [0.25, 0.3) is 0 Å². The van der Waals surface area contributed by atoms with Crippen LogP contribution in [0.3, 0.4) is 0 Å². The zero-order valence-electron chi connectivity index (χ0n) is 13.4. The normalized spacial score (nSPS) is 23.0. The van der Waals surface area contributed by atoms with Crippen LogP contribution < -0.4 is 5.32 Å². The lowest BCUT2D eigenvalue weighted by Gasteiger charge is -2.40. The lowest BCUT2D eigenvalue weighted by molar-refractivity contribution is 0.112. The van der Waals surface area contributed by atoms with Crippen molar-refractivity contribution in [3.63, 3.8) is 0 Å². The predicted octanol–water partition coefficient (Wildman–Crippen LogP) is 3.17. The zero-order chi connectivity index (χ0) is 14.5. The molecule has 1 aliphatic rings. The van der Waals surface area contributed by atoms with Crippen LogP contribution in [0.25, 0.3) is 0 Å². The van der Waals surface area contributed by atoms with E-state index in [-0.39, 0.29) is 0 Å². The van der Waals surface area contributed by atoms with Crippen LogP contribution in [0.15, 0.2) is 0 Å². The third kappa shape index (κ3) is 5.12. The maximum atomic E-state index is 9.40. The molecule has 3 nitrogen and oxygen atoms in total. The van der Waals surface area contributed by atoms with E-state index >= 15 is 0 Å². The van der Waals surface area contributed by atoms with Crippen LogP contribution in [0.4, 0.5) is 0 Å². The second-order valence-corrected chi connectivity index (χ2v) is 7.18. The highest BCUT2D eigenvalue weighted by atomic mass is 15.2. The molecule has 19 heavy (non-hydrogen) atoms. The first kappa shape index (κ1) is 16.5. The SMILES string of the molecule is CCCNC(C)(C#N)CN(C)C1CCC(C)(C)CC1. The molecule has 110 valence electrons. The van der Waals surface area contributed by atoms with Crippen molar-refractivity contribution in [3.8, 4) is 6.07 Å². The van der Waals surface area contributed by atoms with Gasteiger partial charge in [-0.1, -0.05) is 20.8 Å². The van der Waals surface area contributed by atoms with Gasteiger partial charge in [-0.05, 0) is 58.0 Å². The van der Waals surface area contributed by atoms with Crippen molar-refractivity contribution >= 4 is 0 Å². The average Bonchev–Trinajstić information content (AvgIpc) is 2.36. The molecule has 0 aromatic carbocycles. The van der Waals surface area contributed by atoms with Crippen molar-refractivity contribution in [1.29, 1.82) is 5.26 Å². The van der Waals surface area contributed by atoms with E-state index in [1.165, 1.54) is 25.7 Å². The molecule has 1 rings (SSSR count). The standard InChI is InChI=1S/C16H31N3/c1-6-11-18-16(4,12-17)13-19(5)14-7-9-15(2,3)10-8-14/h14,18H,6-11,13H2,1-5H3. The Morgan fingerprint density at radius 2 is 1.95 bits per heavy atom. The second-order valence-electron chi connectivity index (χ2n) is 7.18. The van der Waals surface area contributed by atoms with E-state index in [1.54, 1.807) is 0 Å². The summed E-state index contributed by atoms with van der Waals surface area (Å²) in [6, 6.07) is 3.09. The molecule has 0 saturated heterocycles. The highest BCUT2D eigenvalue weighted by Crippen LogP contribution is 2.36. The van der Waals surface area contributed by atoms with E-state index in [0.29, 0.717) is 11.5 Å². The maximum Gasteiger partial charge on any atom is 0.116 e. The lowest BCUT2D eigenvalue weighted by atomic mass is 9.75. The number of hydrogen-bond donors (Lipinski definition) is 1. The molecule has 0 aromatic rings. The fraction of sp³-hybridized carbons (Fsp3) is 0.938. The van der Waals surface area contributed by atoms with E-state index in [4.69, 9.17) is 0 Å². The van der Waals surface area contributed by atoms with Crippen molar-refractivity contribution in [2.24, 2.45) is 5.41 Å². The predicted molar refractivity (Wildman–Crippen MR) is 81.0 cm³/mol. The fourth-order valence-corrected chi connectivity index (χ4v) is 2.98. The number of nitrogens with zero attached hydrogens (tertiary/aromatic N) is 2. The number of likely N-dealkylation sites (N-methyl/N-ethyl adjacent to an activating group) is 1. The molecule has 0 aromatic heterocycles. The Morgan fingerprint density at radius 1 is 1.37 bits per heavy atom. The summed E-state index contributed by atoms with van der Waals surface area (Å²) in [5.41, 5.74) is 0.0913. The third-order valence-corrected chi connectivity index (χ3v) is 4.51. The largest absolute Gasteiger partial charge is 0.301 e. The van der Waals surface area contributed by atoms with Crippen LogP contribution in [0.5, 0.6) is 0 Å². The summed E-state index contributed by atoms with van der Waals surface area (Å²) in [5, 5.41) is 12.8. The molecular weight excluding hydrogens is 234 g/mol. The monoisotopic (exact) mass is 265 g/mol. The Kier molecular flexibility index (Phi) is 5.82. The molecule has 3 heteroatoms. The van der Waals surface area contributed by atoms with Gasteiger partial charge in [0, 0.05) is 12.6 Å². The molecule has 0 aliphatic heterocycles. The minimum absolute atomic E-state index is 0.419. The van der Waals surface area contributed by atoms with Crippen LogP contribution in [-0.2, 0) is 0 Å². The Balaban J connectivity index is 2.50. The van der Waals surface area contributed by atoms with E-state index in [2.05, 4.69) is 44.1 Å². The van der Waals surface area contributed by atoms with Crippen molar-refractivity contribution in [3.05, 3.63) is 0 Å². The summed E-state index contributed by atoms with van der Waals surface area (Å²) in [6.45, 7) is 10.6. The third-order valence-electron chi connectivity index (χ3n) is 4.51. The summed E-state index contributed by atoms with van der Waals surface area (Å²) in [4.78, 5) is 2.39. The van der Waals surface area contributed by atoms with Gasteiger partial charge in [-0.15, -0.1) is 0 Å². The summed E-state index contributed by atoms with van der Waals surface area (Å²) < 4.78 is 0. The van der Waals surface area contributed by atoms with Gasteiger partial charge in [0.05, 0.1) is 6.07 Å². The van der Waals surface area contributed by atoms with E-state index in [9.17, 15) is 5.26 Å². The molecule has 1 saturated carbocycles. The highest BCUT2D eigenvalue weighted by molar-refractivity contribution is 5.06. The minimum Gasteiger partial charge on any atom is -0.301 e. The summed E-state index contributed by atoms with van der Waals surface area (Å²) in [5.74, 6) is 0. The summed E-state index contributed by atoms with van der Waals surface area (Å²) >= 11 is 0. The first-order valence-electron chi connectivity index (χ1n) is 7.68. The van der Waals surface area contributed by atoms with Gasteiger partial charge in [-0.2, -0.15) is 5.26 Å². The first-order valence-corrected chi connectivity index (χ1v) is 7.68. The lowest BCUT2D eigenvalue weighted by Crippen LogP contribution is -2.52. The molecule has 1 unspecified atom stereocenters. The van der Waals surface area contributed by atoms with Gasteiger partial charge in [-0.25, -0.2) is 0 Å². The maximum absolute atomic E-state index is 9.40. The van der Waals surface area contributed by atoms with Crippen molar-refractivity contribution in [2.75, 3.05) is 20.1 Å². The molecule has 1 N–H and O–H groups in total. The topological polar surface area (TPSA) is 39.1 Å². The van der Waals surface area contributed by atoms with Crippen LogP contribution in [0.2, 0.25) is 0 Å². The Hall–Kier alpha value is -0.590. The van der Waals surface area contributed by atoms with Crippen molar-refractivity contribution in [1.82, 2.24) is 10.2 Å². The van der Waals surface area contributed by atoms with Gasteiger partial charge in [0.2, 0.25) is 0 Å². The zero-order valence-corrected chi connectivity index (χ0v) is 13.4. The van der Waals surface area contributed by atoms with Gasteiger partial charge < -0.3 is 4.90 Å². The number of nitrogens with one attached hydrogen (secondary N) is 1. The Morgan fingerprint density at radius 3 is 2.42 bits per heavy atom. The number of hydrogen-bond acceptors (Lipinski definition) is 3. The molecule has 0 heterocycles. The van der Waals surface area contributed by atoms with Crippen LogP contribution in [-0.4, -0.2) is 36.6 Å². The summed E-state index contributed by atoms with van der Waals surface area (Å²) in [7, 11) is 2.17. The minimum atomic E-state index is -0.419. The highest BCUT2D eigenvalue weighted by Gasteiger charge is 2.32. The van der Waals surface area contributed by atoms with Gasteiger partial charge in [0.1, 0.15) is 5.54 Å². The van der Waals surface area contributed by atoms with E-state index < -0.39 is 5.54 Å². The Bertz CT molecular complexity index is 308. The van der Waals surface area contributed by atoms with E-state index in [0.717, 1.165) is 19.5 Å². The van der Waals surface area contributed by atoms with Crippen LogP contribution in [0.1, 0.15) is 59.8 Å². The van der Waals surface area contributed by atoms with Gasteiger partial charge in [0.15, 0.2) is 0 Å². The average molecular weight is 265 g/mol. The van der Waals surface area contributed by atoms with Crippen molar-refractivity contribution in [2.45, 2.75) is 71.4 Å². The first-order chi connectivity index (χ1) is 8.82. The molecular formula is C16H31N3. The molecule has 0 amide bonds. The van der Waals surface area contributed by atoms with Gasteiger partial charge in [-0.3, -0.25) is 5.32 Å². The molecule has 0 bridgehead atoms. The molecule has 1 fully saturated rings. The molecule has 1 aliphatic carbocycles. The fourth-order valence-electron chi connectivity index (χ4n) is 2.98. The van der Waals surface area contributed by atoms with E-state index in [1.807, 2.05) is 6.92 Å². The second kappa shape index (κ2) is 6.72. The Labute approximate surface area is 119 Å². The van der Waals surface area contributed by atoms with Crippen LogP contribution in [0, 0.1) is 16.7 Å². The molecule has 0 spiro atoms. The number of nitriles is 1. The molecule has 0 radical (unpaired) electrons. The van der Waals surface area contributed by atoms with Gasteiger partial charge >= 0.3 is 0 Å². The summed E-state index contributed by atoms with van der Waals surface area (Å²) in [6.07, 6.45) is 6.19. The smallest absolute Gasteiger partial charge is 0.116 e. The number of rotatable bonds is 6.